The third-order valence-electron chi connectivity index (χ3n) is 4.30. The van der Waals surface area contributed by atoms with Gasteiger partial charge in [-0.2, -0.15) is 0 Å². The van der Waals surface area contributed by atoms with Crippen LogP contribution in [0, 0.1) is 5.41 Å². The third-order valence-corrected chi connectivity index (χ3v) is 4.30. The molecule has 2 aliphatic carbocycles. The number of rotatable bonds is 2. The maximum Gasteiger partial charge on any atom is 0.0379 e. The summed E-state index contributed by atoms with van der Waals surface area (Å²) in [5, 5.41) is 3.86. The van der Waals surface area contributed by atoms with Crippen molar-refractivity contribution in [2.45, 2.75) is 51.6 Å². The van der Waals surface area contributed by atoms with Crippen LogP contribution in [0.15, 0.2) is 24.3 Å². The van der Waals surface area contributed by atoms with Crippen LogP contribution in [-0.2, 0) is 6.42 Å². The highest BCUT2D eigenvalue weighted by Crippen LogP contribution is 2.45. The second kappa shape index (κ2) is 3.59. The molecule has 0 amide bonds. The highest BCUT2D eigenvalue weighted by molar-refractivity contribution is 5.37. The molecule has 1 heteroatoms. The molecule has 1 aromatic carbocycles. The molecule has 3 rings (SSSR count). The zero-order chi connectivity index (χ0) is 11.2. The Morgan fingerprint density at radius 1 is 1.19 bits per heavy atom. The average Bonchev–Trinajstić information content (AvgIpc) is 2.42. The first kappa shape index (κ1) is 10.3. The lowest BCUT2D eigenvalue weighted by atomic mass is 9.83. The van der Waals surface area contributed by atoms with Crippen LogP contribution in [0.25, 0.3) is 0 Å². The van der Waals surface area contributed by atoms with Gasteiger partial charge < -0.3 is 5.32 Å². The van der Waals surface area contributed by atoms with Gasteiger partial charge in [-0.05, 0) is 35.8 Å². The molecule has 0 radical (unpaired) electrons. The van der Waals surface area contributed by atoms with Gasteiger partial charge in [-0.25, -0.2) is 0 Å². The average molecular weight is 215 g/mol. The first-order chi connectivity index (χ1) is 7.67. The molecule has 0 bridgehead atoms. The first-order valence-electron chi connectivity index (χ1n) is 6.51. The molecular formula is C15H21N. The van der Waals surface area contributed by atoms with Crippen LogP contribution in [0.3, 0.4) is 0 Å². The fraction of sp³-hybridized carbons (Fsp3) is 0.600. The van der Waals surface area contributed by atoms with Crippen molar-refractivity contribution in [3.63, 3.8) is 0 Å². The van der Waals surface area contributed by atoms with Gasteiger partial charge in [-0.15, -0.1) is 0 Å². The van der Waals surface area contributed by atoms with Gasteiger partial charge >= 0.3 is 0 Å². The Balaban J connectivity index is 1.88. The number of benzene rings is 1. The molecule has 2 aliphatic rings. The van der Waals surface area contributed by atoms with E-state index in [1.165, 1.54) is 25.7 Å². The molecule has 0 aliphatic heterocycles. The van der Waals surface area contributed by atoms with Crippen LogP contribution in [0.2, 0.25) is 0 Å². The Labute approximate surface area is 98.3 Å². The molecule has 16 heavy (non-hydrogen) atoms. The summed E-state index contributed by atoms with van der Waals surface area (Å²) in [4.78, 5) is 0. The van der Waals surface area contributed by atoms with Gasteiger partial charge in [0, 0.05) is 12.1 Å². The maximum atomic E-state index is 3.86. The first-order valence-corrected chi connectivity index (χ1v) is 6.51. The second-order valence-electron chi connectivity index (χ2n) is 6.09. The lowest BCUT2D eigenvalue weighted by molar-refractivity contribution is 0.209. The van der Waals surface area contributed by atoms with Crippen molar-refractivity contribution >= 4 is 0 Å². The summed E-state index contributed by atoms with van der Waals surface area (Å²) < 4.78 is 0. The van der Waals surface area contributed by atoms with Crippen molar-refractivity contribution in [1.82, 2.24) is 5.32 Å². The van der Waals surface area contributed by atoms with E-state index < -0.39 is 0 Å². The summed E-state index contributed by atoms with van der Waals surface area (Å²) in [5.41, 5.74) is 3.46. The van der Waals surface area contributed by atoms with E-state index in [-0.39, 0.29) is 0 Å². The number of hydrogen-bond acceptors (Lipinski definition) is 1. The lowest BCUT2D eigenvalue weighted by Gasteiger charge is -2.36. The second-order valence-corrected chi connectivity index (χ2v) is 6.09. The van der Waals surface area contributed by atoms with Gasteiger partial charge in [0.1, 0.15) is 0 Å². The minimum Gasteiger partial charge on any atom is -0.307 e. The molecule has 1 nitrogen and oxygen atoms in total. The van der Waals surface area contributed by atoms with E-state index in [0.29, 0.717) is 11.5 Å². The quantitative estimate of drug-likeness (QED) is 0.796. The van der Waals surface area contributed by atoms with Crippen LogP contribution in [0.5, 0.6) is 0 Å². The summed E-state index contributed by atoms with van der Waals surface area (Å²) in [6.07, 6.45) is 5.36. The van der Waals surface area contributed by atoms with Crippen LogP contribution in [-0.4, -0.2) is 6.04 Å². The normalized spacial score (nSPS) is 27.5. The topological polar surface area (TPSA) is 12.0 Å². The SMILES string of the molecule is CC1(C)Cc2ccccc2C1NC1CCC1. The molecule has 0 heterocycles. The van der Waals surface area contributed by atoms with E-state index in [1.54, 1.807) is 11.1 Å². The highest BCUT2D eigenvalue weighted by atomic mass is 15.0. The van der Waals surface area contributed by atoms with Crippen LogP contribution in [0.4, 0.5) is 0 Å². The van der Waals surface area contributed by atoms with Crippen molar-refractivity contribution < 1.29 is 0 Å². The van der Waals surface area contributed by atoms with Crippen LogP contribution >= 0.6 is 0 Å². The molecule has 1 unspecified atom stereocenters. The van der Waals surface area contributed by atoms with Crippen molar-refractivity contribution in [3.8, 4) is 0 Å². The Kier molecular flexibility index (Phi) is 2.32. The molecule has 0 spiro atoms. The Hall–Kier alpha value is -0.820. The largest absolute Gasteiger partial charge is 0.307 e. The summed E-state index contributed by atoms with van der Waals surface area (Å²) in [5.74, 6) is 0. The zero-order valence-corrected chi connectivity index (χ0v) is 10.3. The van der Waals surface area contributed by atoms with Gasteiger partial charge in [0.15, 0.2) is 0 Å². The van der Waals surface area contributed by atoms with Gasteiger partial charge in [0.25, 0.3) is 0 Å². The lowest BCUT2D eigenvalue weighted by Crippen LogP contribution is -2.42. The molecular weight excluding hydrogens is 194 g/mol. The molecule has 1 atom stereocenters. The predicted octanol–water partition coefficient (Wildman–Crippen LogP) is 3.45. The number of fused-ring (bicyclic) bond motifs is 1. The Bertz CT molecular complexity index is 390. The van der Waals surface area contributed by atoms with Gasteiger partial charge in [-0.1, -0.05) is 44.5 Å². The van der Waals surface area contributed by atoms with Crippen LogP contribution in [0.1, 0.15) is 50.3 Å². The Morgan fingerprint density at radius 2 is 1.94 bits per heavy atom. The zero-order valence-electron chi connectivity index (χ0n) is 10.3. The van der Waals surface area contributed by atoms with Gasteiger partial charge in [-0.3, -0.25) is 0 Å². The van der Waals surface area contributed by atoms with Gasteiger partial charge in [0.05, 0.1) is 0 Å². The summed E-state index contributed by atoms with van der Waals surface area (Å²) in [6.45, 7) is 4.78. The van der Waals surface area contributed by atoms with Crippen molar-refractivity contribution in [2.24, 2.45) is 5.41 Å². The molecule has 1 aromatic rings. The summed E-state index contributed by atoms with van der Waals surface area (Å²) in [6, 6.07) is 10.3. The summed E-state index contributed by atoms with van der Waals surface area (Å²) >= 11 is 0. The summed E-state index contributed by atoms with van der Waals surface area (Å²) in [7, 11) is 0. The minimum atomic E-state index is 0.374. The predicted molar refractivity (Wildman–Crippen MR) is 67.4 cm³/mol. The maximum absolute atomic E-state index is 3.86. The molecule has 0 aromatic heterocycles. The Morgan fingerprint density at radius 3 is 2.62 bits per heavy atom. The fourth-order valence-electron chi connectivity index (χ4n) is 3.12. The van der Waals surface area contributed by atoms with E-state index in [4.69, 9.17) is 0 Å². The van der Waals surface area contributed by atoms with Crippen molar-refractivity contribution in [1.29, 1.82) is 0 Å². The smallest absolute Gasteiger partial charge is 0.0379 e. The van der Waals surface area contributed by atoms with Crippen LogP contribution < -0.4 is 5.32 Å². The standard InChI is InChI=1S/C15H21N/c1-15(2)10-11-6-3-4-9-13(11)14(15)16-12-7-5-8-12/h3-4,6,9,12,14,16H,5,7-8,10H2,1-2H3. The highest BCUT2D eigenvalue weighted by Gasteiger charge is 2.40. The molecule has 0 saturated heterocycles. The third kappa shape index (κ3) is 1.58. The molecule has 1 N–H and O–H groups in total. The number of hydrogen-bond donors (Lipinski definition) is 1. The van der Waals surface area contributed by atoms with E-state index in [9.17, 15) is 0 Å². The van der Waals surface area contributed by atoms with Crippen molar-refractivity contribution in [2.75, 3.05) is 0 Å². The number of nitrogens with one attached hydrogen (secondary N) is 1. The van der Waals surface area contributed by atoms with Crippen molar-refractivity contribution in [3.05, 3.63) is 35.4 Å². The molecule has 1 saturated carbocycles. The van der Waals surface area contributed by atoms with E-state index in [2.05, 4.69) is 43.4 Å². The molecule has 86 valence electrons. The minimum absolute atomic E-state index is 0.374. The van der Waals surface area contributed by atoms with Gasteiger partial charge in [0.2, 0.25) is 0 Å². The van der Waals surface area contributed by atoms with E-state index >= 15 is 0 Å². The van der Waals surface area contributed by atoms with E-state index in [1.807, 2.05) is 0 Å². The molecule has 1 fully saturated rings. The monoisotopic (exact) mass is 215 g/mol. The fourth-order valence-corrected chi connectivity index (χ4v) is 3.12. The van der Waals surface area contributed by atoms with E-state index in [0.717, 1.165) is 6.04 Å².